The van der Waals surface area contributed by atoms with Crippen molar-refractivity contribution in [1.29, 1.82) is 0 Å². The van der Waals surface area contributed by atoms with Gasteiger partial charge in [-0.2, -0.15) is 9.97 Å². The van der Waals surface area contributed by atoms with Gasteiger partial charge in [0, 0.05) is 60.8 Å². The second-order valence-electron chi connectivity index (χ2n) is 23.3. The normalized spacial score (nSPS) is 11.7. The Hall–Kier alpha value is -13.1. The summed E-state index contributed by atoms with van der Waals surface area (Å²) in [5, 5.41) is 5.56. The van der Waals surface area contributed by atoms with Crippen molar-refractivity contribution >= 4 is 71.5 Å². The largest absolute Gasteiger partial charge is 0.456 e. The summed E-state index contributed by atoms with van der Waals surface area (Å²) < 4.78 is 24.4. The van der Waals surface area contributed by atoms with Gasteiger partial charge < -0.3 is 13.3 Å². The van der Waals surface area contributed by atoms with Crippen molar-refractivity contribution in [3.63, 3.8) is 0 Å². The van der Waals surface area contributed by atoms with Crippen LogP contribution in [-0.4, -0.2) is 28.5 Å². The molecule has 0 saturated heterocycles. The molecule has 0 aliphatic rings. The Bertz CT molecular complexity index is 6270. The molecule has 6 aromatic heterocycles. The van der Waals surface area contributed by atoms with Crippen molar-refractivity contribution in [2.45, 2.75) is 0 Å². The van der Waals surface area contributed by atoms with E-state index < -0.39 is 17.1 Å². The summed E-state index contributed by atoms with van der Waals surface area (Å²) in [6.45, 7) is 0. The second-order valence-corrected chi connectivity index (χ2v) is 23.3. The third-order valence-corrected chi connectivity index (χ3v) is 18.0. The van der Waals surface area contributed by atoms with Crippen LogP contribution in [0.2, 0.25) is 0 Å². The fourth-order valence-electron chi connectivity index (χ4n) is 13.5. The highest BCUT2D eigenvalue weighted by Crippen LogP contribution is 2.48. The van der Waals surface area contributed by atoms with E-state index in [1.165, 1.54) is 8.97 Å². The molecule has 442 valence electrons. The molecule has 0 aliphatic heterocycles. The highest BCUT2D eigenvalue weighted by molar-refractivity contribution is 6.21. The van der Waals surface area contributed by atoms with Crippen molar-refractivity contribution in [1.82, 2.24) is 28.5 Å². The summed E-state index contributed by atoms with van der Waals surface area (Å²) in [7, 11) is 0. The molecule has 0 atom stereocenters. The molecule has 0 fully saturated rings. The number of aromatic nitrogens is 6. The van der Waals surface area contributed by atoms with E-state index in [2.05, 4.69) is 101 Å². The average Bonchev–Trinajstić information content (AvgIpc) is 1.51. The Morgan fingerprint density at radius 3 is 1.46 bits per heavy atom. The molecule has 0 spiro atoms. The highest BCUT2D eigenvalue weighted by atomic mass is 16.3. The zero-order valence-corrected chi connectivity index (χ0v) is 49.8. The van der Waals surface area contributed by atoms with Crippen LogP contribution in [0.3, 0.4) is 0 Å². The van der Waals surface area contributed by atoms with Crippen LogP contribution in [0.1, 0.15) is 0 Å². The van der Waals surface area contributed by atoms with E-state index in [-0.39, 0.29) is 5.82 Å². The van der Waals surface area contributed by atoms with Gasteiger partial charge in [-0.3, -0.25) is 4.40 Å². The summed E-state index contributed by atoms with van der Waals surface area (Å²) in [5.41, 5.74) is 16.5. The molecule has 0 radical (unpaired) electrons. The lowest BCUT2D eigenvalue weighted by molar-refractivity contribution is 0.665. The molecule has 0 bridgehead atoms. The maximum Gasteiger partial charge on any atom is 0.358 e. The van der Waals surface area contributed by atoms with Gasteiger partial charge in [-0.15, -0.1) is 0 Å². The molecule has 6 heterocycles. The molecular weight excluding hydrogens is 1160 g/mol. The van der Waals surface area contributed by atoms with Crippen molar-refractivity contribution in [3.8, 4) is 101 Å². The van der Waals surface area contributed by atoms with E-state index >= 15 is 4.79 Å². The van der Waals surface area contributed by atoms with Gasteiger partial charge in [-0.1, -0.05) is 206 Å². The number of hydrogen-bond acceptors (Lipinski definition) is 9. The van der Waals surface area contributed by atoms with Gasteiger partial charge in [0.05, 0.1) is 11.4 Å². The third kappa shape index (κ3) is 8.84. The molecule has 0 N–H and O–H groups in total. The van der Waals surface area contributed by atoms with E-state index in [4.69, 9.17) is 18.2 Å². The second kappa shape index (κ2) is 21.6. The Morgan fingerprint density at radius 2 is 0.766 bits per heavy atom. The summed E-state index contributed by atoms with van der Waals surface area (Å²) in [6.07, 6.45) is 1.81. The maximum atomic E-state index is 15.0. The topological polar surface area (TPSA) is 144 Å². The van der Waals surface area contributed by atoms with Gasteiger partial charge in [-0.05, 0) is 134 Å². The number of furan rings is 3. The van der Waals surface area contributed by atoms with Crippen LogP contribution in [0.15, 0.2) is 319 Å². The molecule has 18 rings (SSSR count). The first kappa shape index (κ1) is 53.9. The Kier molecular flexibility index (Phi) is 12.4. The number of hydrogen-bond donors (Lipinski definition) is 0. The van der Waals surface area contributed by atoms with E-state index in [1.54, 1.807) is 30.5 Å². The lowest BCUT2D eigenvalue weighted by atomic mass is 9.91. The standard InChI is InChI=1S/C82H48N6O6/c89-80-84-78(54-17-6-2-7-18-54)83-72-46-38-57(48-86(72)80)62-42-44-64(77-75(62)67-47-56(37-45-70(67)94-77)51-29-27-50(28-30-51)49-15-4-1-5-16-49)63-43-41-61(74-66-22-11-13-25-69(66)93-76(63)74)52-31-33-55(34-32-52)79-85-81(90)88(58-19-8-3-9-20-58)82(91)87(79)59-39-35-53(36-40-59)60-23-14-26-71-73(60)65-21-10-12-24-68(65)92-71/h1-48H. The quantitative estimate of drug-likeness (QED) is 0.131. The zero-order valence-electron chi connectivity index (χ0n) is 49.8. The number of nitrogens with zero attached hydrogens (tertiary/aromatic N) is 6. The van der Waals surface area contributed by atoms with Crippen LogP contribution in [0.5, 0.6) is 0 Å². The molecule has 18 aromatic rings. The fourth-order valence-corrected chi connectivity index (χ4v) is 13.5. The maximum absolute atomic E-state index is 15.0. The third-order valence-electron chi connectivity index (χ3n) is 18.0. The van der Waals surface area contributed by atoms with Crippen LogP contribution >= 0.6 is 0 Å². The van der Waals surface area contributed by atoms with Gasteiger partial charge in [0.2, 0.25) is 0 Å². The van der Waals surface area contributed by atoms with E-state index in [9.17, 15) is 9.59 Å². The first-order chi connectivity index (χ1) is 46.3. The minimum Gasteiger partial charge on any atom is -0.456 e. The van der Waals surface area contributed by atoms with Crippen molar-refractivity contribution in [2.24, 2.45) is 0 Å². The van der Waals surface area contributed by atoms with Crippen LogP contribution in [0.4, 0.5) is 0 Å². The van der Waals surface area contributed by atoms with Crippen molar-refractivity contribution < 1.29 is 13.3 Å². The van der Waals surface area contributed by atoms with Gasteiger partial charge in [-0.25, -0.2) is 28.5 Å². The van der Waals surface area contributed by atoms with Crippen molar-refractivity contribution in [3.05, 3.63) is 323 Å². The first-order valence-corrected chi connectivity index (χ1v) is 30.8. The molecular formula is C82H48N6O6. The predicted molar refractivity (Wildman–Crippen MR) is 374 cm³/mol. The van der Waals surface area contributed by atoms with Gasteiger partial charge in [0.25, 0.3) is 0 Å². The molecule has 0 saturated carbocycles. The fraction of sp³-hybridized carbons (Fsp3) is 0. The Morgan fingerprint density at radius 1 is 0.287 bits per heavy atom. The minimum absolute atomic E-state index is 0.186. The number of benzene rings is 12. The van der Waals surface area contributed by atoms with Crippen LogP contribution in [-0.2, 0) is 0 Å². The highest BCUT2D eigenvalue weighted by Gasteiger charge is 2.25. The number of para-hydroxylation sites is 3. The predicted octanol–water partition coefficient (Wildman–Crippen LogP) is 18.8. The van der Waals surface area contributed by atoms with E-state index in [1.807, 2.05) is 170 Å². The molecule has 0 amide bonds. The lowest BCUT2D eigenvalue weighted by Gasteiger charge is -2.16. The lowest BCUT2D eigenvalue weighted by Crippen LogP contribution is -2.40. The SMILES string of the molecule is O=c1nc(-c2ccc(-c3ccc(-c4ccc(-c5ccc6nc(-c7ccccc7)nc(=O)n6c5)c5c4oc4ccc(-c6ccc(-c7ccccc7)cc6)cc45)c4oc5ccccc5c34)cc2)n(-c2ccc(-c3cccc4oc5ccccc5c34)cc2)c(=O)n1-c1ccccc1. The molecule has 12 heteroatoms. The summed E-state index contributed by atoms with van der Waals surface area (Å²) >= 11 is 0. The Labute approximate surface area is 534 Å². The molecule has 12 aromatic carbocycles. The smallest absolute Gasteiger partial charge is 0.358 e. The Balaban J connectivity index is 0.770. The number of pyridine rings is 1. The van der Waals surface area contributed by atoms with Gasteiger partial charge in [0.1, 0.15) is 39.1 Å². The number of fused-ring (bicyclic) bond motifs is 10. The van der Waals surface area contributed by atoms with Crippen LogP contribution < -0.4 is 17.1 Å². The van der Waals surface area contributed by atoms with Crippen LogP contribution in [0, 0.1) is 0 Å². The van der Waals surface area contributed by atoms with Crippen molar-refractivity contribution in [2.75, 3.05) is 0 Å². The van der Waals surface area contributed by atoms with Gasteiger partial charge in [0.15, 0.2) is 11.6 Å². The number of rotatable bonds is 10. The summed E-state index contributed by atoms with van der Waals surface area (Å²) in [4.78, 5) is 57.1. The van der Waals surface area contributed by atoms with E-state index in [0.29, 0.717) is 50.7 Å². The van der Waals surface area contributed by atoms with Gasteiger partial charge >= 0.3 is 17.1 Å². The molecule has 0 aliphatic carbocycles. The summed E-state index contributed by atoms with van der Waals surface area (Å²) in [5.74, 6) is 0.544. The van der Waals surface area contributed by atoms with E-state index in [0.717, 1.165) is 120 Å². The molecule has 0 unspecified atom stereocenters. The zero-order chi connectivity index (χ0) is 62.5. The average molecular weight is 1210 g/mol. The molecule has 94 heavy (non-hydrogen) atoms. The van der Waals surface area contributed by atoms with Crippen LogP contribution in [0.25, 0.3) is 172 Å². The monoisotopic (exact) mass is 1210 g/mol. The minimum atomic E-state index is -0.704. The first-order valence-electron chi connectivity index (χ1n) is 30.8. The summed E-state index contributed by atoms with van der Waals surface area (Å²) in [6, 6.07) is 93.3. The molecule has 12 nitrogen and oxygen atoms in total.